The first-order valence-electron chi connectivity index (χ1n) is 10.9. The standard InChI is InChI=1S/C21H40N6O.HI/c1-5-22-21(23-11-10-14-26-12-8-6-7-9-13-26)24-17-20-18(2)25-27(19(20)3)15-16-28-4;/h5-17H2,1-4H3,(H2,22,23,24);1H. The number of halogens is 1. The maximum absolute atomic E-state index is 5.17. The molecule has 2 N–H and O–H groups in total. The average Bonchev–Trinajstić information content (AvgIpc) is 2.86. The summed E-state index contributed by atoms with van der Waals surface area (Å²) in [6.07, 6.45) is 6.65. The Morgan fingerprint density at radius 1 is 1.10 bits per heavy atom. The van der Waals surface area contributed by atoms with E-state index in [1.165, 1.54) is 56.6 Å². The van der Waals surface area contributed by atoms with Gasteiger partial charge in [0.15, 0.2) is 5.96 Å². The second kappa shape index (κ2) is 15.0. The number of aliphatic imine (C=N–C) groups is 1. The van der Waals surface area contributed by atoms with E-state index in [0.29, 0.717) is 13.2 Å². The predicted molar refractivity (Wildman–Crippen MR) is 131 cm³/mol. The topological polar surface area (TPSA) is 66.7 Å². The summed E-state index contributed by atoms with van der Waals surface area (Å²) < 4.78 is 7.19. The zero-order valence-corrected chi connectivity index (χ0v) is 21.1. The molecule has 1 aliphatic rings. The highest BCUT2D eigenvalue weighted by Crippen LogP contribution is 2.14. The lowest BCUT2D eigenvalue weighted by molar-refractivity contribution is 0.182. The molecule has 0 bridgehead atoms. The minimum Gasteiger partial charge on any atom is -0.383 e. The van der Waals surface area contributed by atoms with Gasteiger partial charge >= 0.3 is 0 Å². The third-order valence-corrected chi connectivity index (χ3v) is 5.42. The van der Waals surface area contributed by atoms with Gasteiger partial charge in [-0.15, -0.1) is 24.0 Å². The first kappa shape index (κ1) is 26.2. The number of methoxy groups -OCH3 is 1. The van der Waals surface area contributed by atoms with Crippen molar-refractivity contribution in [1.29, 1.82) is 0 Å². The van der Waals surface area contributed by atoms with Gasteiger partial charge in [0.1, 0.15) is 0 Å². The first-order chi connectivity index (χ1) is 13.7. The Labute approximate surface area is 194 Å². The van der Waals surface area contributed by atoms with Crippen molar-refractivity contribution in [3.05, 3.63) is 17.0 Å². The Kier molecular flexibility index (Phi) is 13.5. The monoisotopic (exact) mass is 520 g/mol. The normalized spacial score (nSPS) is 15.7. The number of likely N-dealkylation sites (tertiary alicyclic amines) is 1. The summed E-state index contributed by atoms with van der Waals surface area (Å²) in [5, 5.41) is 11.5. The predicted octanol–water partition coefficient (Wildman–Crippen LogP) is 3.09. The lowest BCUT2D eigenvalue weighted by Gasteiger charge is -2.20. The van der Waals surface area contributed by atoms with Crippen molar-refractivity contribution in [3.63, 3.8) is 0 Å². The molecule has 1 aromatic rings. The van der Waals surface area contributed by atoms with Gasteiger partial charge in [-0.05, 0) is 59.7 Å². The number of rotatable bonds is 10. The van der Waals surface area contributed by atoms with Crippen LogP contribution in [-0.2, 0) is 17.8 Å². The Morgan fingerprint density at radius 3 is 2.48 bits per heavy atom. The van der Waals surface area contributed by atoms with Crippen LogP contribution < -0.4 is 10.6 Å². The van der Waals surface area contributed by atoms with Crippen LogP contribution in [0, 0.1) is 13.8 Å². The summed E-state index contributed by atoms with van der Waals surface area (Å²) in [5.41, 5.74) is 3.43. The van der Waals surface area contributed by atoms with Crippen molar-refractivity contribution >= 4 is 29.9 Å². The van der Waals surface area contributed by atoms with Gasteiger partial charge < -0.3 is 20.3 Å². The molecular formula is C21H41IN6O. The second-order valence-electron chi connectivity index (χ2n) is 7.60. The van der Waals surface area contributed by atoms with Crippen LogP contribution >= 0.6 is 24.0 Å². The molecule has 1 fully saturated rings. The van der Waals surface area contributed by atoms with Crippen molar-refractivity contribution < 1.29 is 4.74 Å². The zero-order valence-electron chi connectivity index (χ0n) is 18.8. The second-order valence-corrected chi connectivity index (χ2v) is 7.60. The number of guanidine groups is 1. The van der Waals surface area contributed by atoms with Crippen LogP contribution in [0.1, 0.15) is 56.0 Å². The van der Waals surface area contributed by atoms with E-state index in [0.717, 1.165) is 37.7 Å². The first-order valence-corrected chi connectivity index (χ1v) is 10.9. The van der Waals surface area contributed by atoms with Crippen LogP contribution in [0.2, 0.25) is 0 Å². The van der Waals surface area contributed by atoms with Gasteiger partial charge in [0.25, 0.3) is 0 Å². The van der Waals surface area contributed by atoms with Gasteiger partial charge in [0.2, 0.25) is 0 Å². The summed E-state index contributed by atoms with van der Waals surface area (Å²) >= 11 is 0. The molecule has 8 heteroatoms. The number of nitrogens with zero attached hydrogens (tertiary/aromatic N) is 4. The molecule has 0 spiro atoms. The summed E-state index contributed by atoms with van der Waals surface area (Å²) in [4.78, 5) is 7.41. The van der Waals surface area contributed by atoms with E-state index in [2.05, 4.69) is 41.4 Å². The van der Waals surface area contributed by atoms with Crippen molar-refractivity contribution in [2.75, 3.05) is 46.4 Å². The zero-order chi connectivity index (χ0) is 20.2. The molecule has 1 aliphatic heterocycles. The van der Waals surface area contributed by atoms with Crippen LogP contribution in [0.25, 0.3) is 0 Å². The molecule has 29 heavy (non-hydrogen) atoms. The highest BCUT2D eigenvalue weighted by Gasteiger charge is 2.11. The van der Waals surface area contributed by atoms with Gasteiger partial charge in [-0.3, -0.25) is 4.68 Å². The van der Waals surface area contributed by atoms with Crippen LogP contribution in [0.15, 0.2) is 4.99 Å². The molecule has 7 nitrogen and oxygen atoms in total. The minimum atomic E-state index is 0. The molecule has 0 unspecified atom stereocenters. The van der Waals surface area contributed by atoms with E-state index in [1.54, 1.807) is 7.11 Å². The maximum atomic E-state index is 5.17. The number of ether oxygens (including phenoxy) is 1. The van der Waals surface area contributed by atoms with Crippen molar-refractivity contribution in [2.45, 2.75) is 66.0 Å². The molecule has 0 saturated carbocycles. The molecule has 0 amide bonds. The number of hydrogen-bond acceptors (Lipinski definition) is 4. The maximum Gasteiger partial charge on any atom is 0.191 e. The fraction of sp³-hybridized carbons (Fsp3) is 0.810. The third-order valence-electron chi connectivity index (χ3n) is 5.42. The quantitative estimate of drug-likeness (QED) is 0.215. The van der Waals surface area contributed by atoms with Crippen LogP contribution in [-0.4, -0.2) is 67.1 Å². The largest absolute Gasteiger partial charge is 0.383 e. The van der Waals surface area contributed by atoms with Gasteiger partial charge in [-0.2, -0.15) is 5.10 Å². The van der Waals surface area contributed by atoms with Gasteiger partial charge in [-0.25, -0.2) is 4.99 Å². The molecule has 0 aliphatic carbocycles. The van der Waals surface area contributed by atoms with Crippen LogP contribution in [0.4, 0.5) is 0 Å². The summed E-state index contributed by atoms with van der Waals surface area (Å²) in [7, 11) is 1.72. The van der Waals surface area contributed by atoms with E-state index < -0.39 is 0 Å². The number of aromatic nitrogens is 2. The smallest absolute Gasteiger partial charge is 0.191 e. The molecule has 1 saturated heterocycles. The molecule has 1 aromatic heterocycles. The minimum absolute atomic E-state index is 0. The molecule has 2 heterocycles. The molecule has 0 aromatic carbocycles. The third kappa shape index (κ3) is 9.21. The molecule has 0 atom stereocenters. The van der Waals surface area contributed by atoms with Gasteiger partial charge in [0.05, 0.1) is 25.4 Å². The van der Waals surface area contributed by atoms with E-state index in [1.807, 2.05) is 4.68 Å². The Morgan fingerprint density at radius 2 is 1.83 bits per heavy atom. The number of nitrogens with one attached hydrogen (secondary N) is 2. The van der Waals surface area contributed by atoms with Crippen LogP contribution in [0.5, 0.6) is 0 Å². The molecule has 168 valence electrons. The molecule has 0 radical (unpaired) electrons. The Bertz CT molecular complexity index is 596. The Balaban J connectivity index is 0.00000420. The molecular weight excluding hydrogens is 479 g/mol. The fourth-order valence-electron chi connectivity index (χ4n) is 3.73. The number of hydrogen-bond donors (Lipinski definition) is 2. The average molecular weight is 521 g/mol. The summed E-state index contributed by atoms with van der Waals surface area (Å²) in [5.74, 6) is 0.891. The van der Waals surface area contributed by atoms with Crippen molar-refractivity contribution in [2.24, 2.45) is 4.99 Å². The number of aryl methyl sites for hydroxylation is 1. The van der Waals surface area contributed by atoms with E-state index in [4.69, 9.17) is 9.73 Å². The summed E-state index contributed by atoms with van der Waals surface area (Å²) in [6, 6.07) is 0. The van der Waals surface area contributed by atoms with Gasteiger partial charge in [-0.1, -0.05) is 12.8 Å². The van der Waals surface area contributed by atoms with Crippen molar-refractivity contribution in [3.8, 4) is 0 Å². The lowest BCUT2D eigenvalue weighted by Crippen LogP contribution is -2.39. The highest BCUT2D eigenvalue weighted by molar-refractivity contribution is 14.0. The fourth-order valence-corrected chi connectivity index (χ4v) is 3.73. The van der Waals surface area contributed by atoms with Crippen LogP contribution in [0.3, 0.4) is 0 Å². The SMILES string of the molecule is CCNC(=NCc1c(C)nn(CCOC)c1C)NCCCN1CCCCCC1.I. The van der Waals surface area contributed by atoms with E-state index >= 15 is 0 Å². The Hall–Kier alpha value is -0.870. The molecule has 2 rings (SSSR count). The summed E-state index contributed by atoms with van der Waals surface area (Å²) in [6.45, 7) is 13.9. The van der Waals surface area contributed by atoms with E-state index in [-0.39, 0.29) is 24.0 Å². The highest BCUT2D eigenvalue weighted by atomic mass is 127. The lowest BCUT2D eigenvalue weighted by atomic mass is 10.2. The van der Waals surface area contributed by atoms with Gasteiger partial charge in [0, 0.05) is 31.5 Å². The van der Waals surface area contributed by atoms with Crippen molar-refractivity contribution in [1.82, 2.24) is 25.3 Å². The van der Waals surface area contributed by atoms with E-state index in [9.17, 15) is 0 Å².